The van der Waals surface area contributed by atoms with Gasteiger partial charge >= 0.3 is 5.92 Å². The second-order valence-electron chi connectivity index (χ2n) is 9.01. The van der Waals surface area contributed by atoms with Crippen molar-refractivity contribution in [2.45, 2.75) is 31.6 Å². The Kier molecular flexibility index (Phi) is 8.66. The fraction of sp³-hybridized carbons (Fsp3) is 0.357. The van der Waals surface area contributed by atoms with Crippen molar-refractivity contribution in [1.82, 2.24) is 9.88 Å². The van der Waals surface area contributed by atoms with E-state index in [2.05, 4.69) is 27.8 Å². The second-order valence-corrected chi connectivity index (χ2v) is 9.01. The van der Waals surface area contributed by atoms with Gasteiger partial charge in [-0.25, -0.2) is 4.39 Å². The molecule has 37 heavy (non-hydrogen) atoms. The predicted molar refractivity (Wildman–Crippen MR) is 134 cm³/mol. The average molecular weight is 514 g/mol. The number of aromatic nitrogens is 1. The molecule has 1 fully saturated rings. The van der Waals surface area contributed by atoms with E-state index >= 15 is 0 Å². The number of hydrogen-bond acceptors (Lipinski definition) is 5. The first-order valence-electron chi connectivity index (χ1n) is 12.3. The molecule has 6 nitrogen and oxygen atoms in total. The Morgan fingerprint density at radius 3 is 2.32 bits per heavy atom. The Labute approximate surface area is 214 Å². The van der Waals surface area contributed by atoms with Gasteiger partial charge < -0.3 is 20.1 Å². The molecule has 0 spiro atoms. The molecular formula is C28H30F3N3O3. The van der Waals surface area contributed by atoms with Gasteiger partial charge in [-0.05, 0) is 75.1 Å². The minimum Gasteiger partial charge on any atom is -0.486 e. The summed E-state index contributed by atoms with van der Waals surface area (Å²) in [5.74, 6) is -4.10. The molecule has 5 rings (SSSR count). The largest absolute Gasteiger partial charge is 0.486 e. The van der Waals surface area contributed by atoms with Gasteiger partial charge in [0.2, 0.25) is 0 Å². The van der Waals surface area contributed by atoms with Crippen molar-refractivity contribution in [3.63, 3.8) is 0 Å². The monoisotopic (exact) mass is 513 g/mol. The Balaban J connectivity index is 0.000000173. The number of aryl methyl sites for hydroxylation is 1. The first-order valence-corrected chi connectivity index (χ1v) is 12.3. The Morgan fingerprint density at radius 1 is 0.973 bits per heavy atom. The minimum atomic E-state index is -3.71. The number of ether oxygens (including phenoxy) is 2. The summed E-state index contributed by atoms with van der Waals surface area (Å²) < 4.78 is 50.5. The number of primary amides is 1. The van der Waals surface area contributed by atoms with Crippen LogP contribution in [-0.2, 0) is 17.1 Å². The average Bonchev–Trinajstić information content (AvgIpc) is 3.43. The number of carbonyl (C=O) groups is 1. The lowest BCUT2D eigenvalue weighted by Gasteiger charge is -2.19. The van der Waals surface area contributed by atoms with Gasteiger partial charge in [0.15, 0.2) is 11.5 Å². The number of nitrogens with two attached hydrogens (primary N) is 1. The number of nitrogens with zero attached hydrogens (tertiary/aromatic N) is 2. The zero-order valence-corrected chi connectivity index (χ0v) is 20.5. The lowest BCUT2D eigenvalue weighted by Crippen LogP contribution is -2.32. The van der Waals surface area contributed by atoms with E-state index in [4.69, 9.17) is 9.47 Å². The molecule has 0 aliphatic carbocycles. The number of carbonyl (C=O) groups excluding carboxylic acids is 1. The van der Waals surface area contributed by atoms with Crippen LogP contribution in [-0.4, -0.2) is 48.6 Å². The van der Waals surface area contributed by atoms with Crippen molar-refractivity contribution in [1.29, 1.82) is 0 Å². The molecule has 1 saturated heterocycles. The molecular weight excluding hydrogens is 483 g/mol. The summed E-state index contributed by atoms with van der Waals surface area (Å²) in [6.07, 6.45) is 6.15. The van der Waals surface area contributed by atoms with Gasteiger partial charge in [0.25, 0.3) is 5.91 Å². The Hall–Kier alpha value is -3.59. The van der Waals surface area contributed by atoms with Crippen LogP contribution in [0.3, 0.4) is 0 Å². The minimum absolute atomic E-state index is 0.440. The molecule has 3 heterocycles. The van der Waals surface area contributed by atoms with Crippen LogP contribution in [0.5, 0.6) is 11.5 Å². The molecule has 0 bridgehead atoms. The van der Waals surface area contributed by atoms with Crippen LogP contribution >= 0.6 is 0 Å². The summed E-state index contributed by atoms with van der Waals surface area (Å²) in [6, 6.07) is 13.9. The number of rotatable bonds is 7. The molecule has 2 aliphatic heterocycles. The molecule has 1 amide bonds. The number of amides is 1. The van der Waals surface area contributed by atoms with Crippen molar-refractivity contribution >= 4 is 5.91 Å². The molecule has 196 valence electrons. The van der Waals surface area contributed by atoms with Crippen LogP contribution in [0.15, 0.2) is 60.8 Å². The van der Waals surface area contributed by atoms with Crippen molar-refractivity contribution in [3.8, 4) is 22.8 Å². The maximum Gasteiger partial charge on any atom is 0.349 e. The van der Waals surface area contributed by atoms with E-state index in [1.54, 1.807) is 0 Å². The highest BCUT2D eigenvalue weighted by atomic mass is 19.3. The summed E-state index contributed by atoms with van der Waals surface area (Å²) in [4.78, 5) is 17.0. The predicted octanol–water partition coefficient (Wildman–Crippen LogP) is 4.95. The molecule has 2 N–H and O–H groups in total. The normalized spacial score (nSPS) is 15.1. The molecule has 9 heteroatoms. The van der Waals surface area contributed by atoms with Crippen LogP contribution in [0, 0.1) is 5.82 Å². The van der Waals surface area contributed by atoms with Gasteiger partial charge in [-0.1, -0.05) is 30.3 Å². The lowest BCUT2D eigenvalue weighted by atomic mass is 10.0. The van der Waals surface area contributed by atoms with E-state index in [9.17, 15) is 18.0 Å². The quantitative estimate of drug-likeness (QED) is 0.484. The van der Waals surface area contributed by atoms with Gasteiger partial charge in [0.05, 0.1) is 11.9 Å². The number of fused-ring (bicyclic) bond motifs is 1. The molecule has 1 aromatic heterocycles. The van der Waals surface area contributed by atoms with Gasteiger partial charge in [-0.15, -0.1) is 0 Å². The number of halogens is 3. The van der Waals surface area contributed by atoms with Crippen LogP contribution < -0.4 is 15.2 Å². The van der Waals surface area contributed by atoms with Crippen molar-refractivity contribution in [2.75, 3.05) is 32.8 Å². The number of hydrogen-bond donors (Lipinski definition) is 1. The van der Waals surface area contributed by atoms with Gasteiger partial charge in [0, 0.05) is 11.1 Å². The van der Waals surface area contributed by atoms with Gasteiger partial charge in [-0.2, -0.15) is 8.78 Å². The van der Waals surface area contributed by atoms with Crippen molar-refractivity contribution in [2.24, 2.45) is 5.73 Å². The topological polar surface area (TPSA) is 77.7 Å². The smallest absolute Gasteiger partial charge is 0.349 e. The van der Waals surface area contributed by atoms with E-state index in [-0.39, 0.29) is 0 Å². The Morgan fingerprint density at radius 2 is 1.68 bits per heavy atom. The summed E-state index contributed by atoms with van der Waals surface area (Å²) in [5, 5.41) is 0. The first-order chi connectivity index (χ1) is 17.8. The molecule has 2 aromatic carbocycles. The summed E-state index contributed by atoms with van der Waals surface area (Å²) in [7, 11) is 0. The van der Waals surface area contributed by atoms with E-state index in [0.717, 1.165) is 36.2 Å². The van der Waals surface area contributed by atoms with Crippen LogP contribution in [0.4, 0.5) is 13.2 Å². The highest BCUT2D eigenvalue weighted by Gasteiger charge is 2.38. The Bertz CT molecular complexity index is 1180. The van der Waals surface area contributed by atoms with Crippen molar-refractivity contribution in [3.05, 3.63) is 77.7 Å². The third-order valence-electron chi connectivity index (χ3n) is 6.33. The fourth-order valence-electron chi connectivity index (χ4n) is 4.30. The SMILES string of the molecule is NC(=O)C(F)(F)c1ccc(-c2ccc(F)cn2)cc1.c1cc2c(cc1CCCN1CCCC1)OCCO2. The zero-order valence-electron chi connectivity index (χ0n) is 20.5. The maximum atomic E-state index is 13.3. The molecule has 0 radical (unpaired) electrons. The molecule has 0 unspecified atom stereocenters. The van der Waals surface area contributed by atoms with E-state index in [1.165, 1.54) is 68.7 Å². The lowest BCUT2D eigenvalue weighted by molar-refractivity contribution is -0.143. The number of benzene rings is 2. The van der Waals surface area contributed by atoms with Crippen molar-refractivity contribution < 1.29 is 27.4 Å². The fourth-order valence-corrected chi connectivity index (χ4v) is 4.30. The molecule has 3 aromatic rings. The summed E-state index contributed by atoms with van der Waals surface area (Å²) >= 11 is 0. The van der Waals surface area contributed by atoms with Crippen LogP contribution in [0.1, 0.15) is 30.4 Å². The van der Waals surface area contributed by atoms with Gasteiger partial charge in [-0.3, -0.25) is 9.78 Å². The third-order valence-corrected chi connectivity index (χ3v) is 6.33. The number of pyridine rings is 1. The standard InChI is InChI=1S/C15H21NO2.C13H9F3N2O/c1-2-8-16(7-1)9-3-4-13-5-6-14-15(12-13)18-11-10-17-14;14-10-5-6-11(18-7-10)8-1-3-9(4-2-8)13(15,16)12(17)19/h5-6,12H,1-4,7-11H2;1-7H,(H2,17,19). The molecule has 0 atom stereocenters. The van der Waals surface area contributed by atoms with E-state index < -0.39 is 23.2 Å². The van der Waals surface area contributed by atoms with E-state index in [1.807, 2.05) is 6.07 Å². The summed E-state index contributed by atoms with van der Waals surface area (Å²) in [5.41, 5.74) is 6.46. The summed E-state index contributed by atoms with van der Waals surface area (Å²) in [6.45, 7) is 5.16. The second kappa shape index (κ2) is 12.1. The first kappa shape index (κ1) is 26.5. The van der Waals surface area contributed by atoms with Crippen LogP contribution in [0.25, 0.3) is 11.3 Å². The van der Waals surface area contributed by atoms with E-state index in [0.29, 0.717) is 24.5 Å². The molecule has 2 aliphatic rings. The van der Waals surface area contributed by atoms with Crippen LogP contribution in [0.2, 0.25) is 0 Å². The highest BCUT2D eigenvalue weighted by Crippen LogP contribution is 2.31. The zero-order chi connectivity index (χ0) is 26.3. The number of likely N-dealkylation sites (tertiary alicyclic amines) is 1. The number of alkyl halides is 2. The molecule has 0 saturated carbocycles. The maximum absolute atomic E-state index is 13.3. The van der Waals surface area contributed by atoms with Gasteiger partial charge in [0.1, 0.15) is 19.0 Å². The highest BCUT2D eigenvalue weighted by molar-refractivity contribution is 5.83. The third kappa shape index (κ3) is 7.01.